The van der Waals surface area contributed by atoms with Gasteiger partial charge in [-0.25, -0.2) is 29.5 Å². The SMILES string of the molecule is [C-]#[N+]c1ccc(-c2nc3cc(C#N)c4c5ccccc5nc(-c5cccc(-c6cc(C#N)cc([N+]#[C-])c6)c5)c4c3nc2-c2ccc([N+]#[C-])cc2)cc1. The van der Waals surface area contributed by atoms with Crippen molar-refractivity contribution in [2.75, 3.05) is 0 Å². The van der Waals surface area contributed by atoms with Crippen LogP contribution < -0.4 is 0 Å². The fourth-order valence-electron chi connectivity index (χ4n) is 6.50. The minimum absolute atomic E-state index is 0.366. The maximum atomic E-state index is 10.6. The van der Waals surface area contributed by atoms with Crippen LogP contribution in [0.5, 0.6) is 0 Å². The minimum Gasteiger partial charge on any atom is -0.247 e. The van der Waals surface area contributed by atoms with E-state index in [1.54, 1.807) is 48.5 Å². The molecule has 0 spiro atoms. The fourth-order valence-corrected chi connectivity index (χ4v) is 6.50. The summed E-state index contributed by atoms with van der Waals surface area (Å²) < 4.78 is 0. The molecule has 52 heavy (non-hydrogen) atoms. The van der Waals surface area contributed by atoms with Gasteiger partial charge in [-0.2, -0.15) is 10.5 Å². The Kier molecular flexibility index (Phi) is 7.57. The van der Waals surface area contributed by atoms with E-state index in [1.807, 2.05) is 72.8 Å². The number of benzene rings is 6. The quantitative estimate of drug-likeness (QED) is 0.138. The molecule has 0 aliphatic carbocycles. The molecular formula is C44H20N8. The zero-order valence-electron chi connectivity index (χ0n) is 27.1. The van der Waals surface area contributed by atoms with E-state index in [-0.39, 0.29) is 0 Å². The molecule has 0 aliphatic rings. The summed E-state index contributed by atoms with van der Waals surface area (Å²) in [5.41, 5.74) is 9.37. The zero-order valence-corrected chi connectivity index (χ0v) is 27.1. The first-order valence-corrected chi connectivity index (χ1v) is 16.0. The lowest BCUT2D eigenvalue weighted by Crippen LogP contribution is -2.00. The number of rotatable bonds is 4. The van der Waals surface area contributed by atoms with E-state index in [9.17, 15) is 10.5 Å². The first-order chi connectivity index (χ1) is 25.5. The summed E-state index contributed by atoms with van der Waals surface area (Å²) in [6, 6.07) is 41.1. The third-order valence-electron chi connectivity index (χ3n) is 8.91. The van der Waals surface area contributed by atoms with Crippen LogP contribution in [0.4, 0.5) is 17.1 Å². The second-order valence-corrected chi connectivity index (χ2v) is 11.9. The van der Waals surface area contributed by atoms with E-state index in [4.69, 9.17) is 34.7 Å². The Hall–Kier alpha value is -8.22. The number of hydrogen-bond acceptors (Lipinski definition) is 5. The van der Waals surface area contributed by atoms with E-state index >= 15 is 0 Å². The molecule has 6 aromatic carbocycles. The highest BCUT2D eigenvalue weighted by Crippen LogP contribution is 2.42. The molecule has 8 rings (SSSR count). The molecule has 236 valence electrons. The van der Waals surface area contributed by atoms with E-state index in [0.29, 0.717) is 72.6 Å². The molecular weight excluding hydrogens is 641 g/mol. The fraction of sp³-hybridized carbons (Fsp3) is 0. The standard InChI is InChI=1S/C44H20N8/c1-47-33-15-11-27(12-16-33)42-43(28-13-17-34(48-2)18-14-28)52-44-38(51-42)23-32(25-46)39-36-9-4-5-10-37(36)50-41(40(39)44)30-8-6-7-29(21-30)31-19-26(24-45)20-35(22-31)49-3/h4-23H. The van der Waals surface area contributed by atoms with Gasteiger partial charge >= 0.3 is 0 Å². The molecule has 8 nitrogen and oxygen atoms in total. The minimum atomic E-state index is 0.366. The van der Waals surface area contributed by atoms with Crippen molar-refractivity contribution in [1.29, 1.82) is 10.5 Å². The average Bonchev–Trinajstić information content (AvgIpc) is 3.22. The summed E-state index contributed by atoms with van der Waals surface area (Å²) in [7, 11) is 0. The van der Waals surface area contributed by atoms with Crippen molar-refractivity contribution in [2.45, 2.75) is 0 Å². The normalized spacial score (nSPS) is 10.6. The summed E-state index contributed by atoms with van der Waals surface area (Å²) in [4.78, 5) is 26.3. The summed E-state index contributed by atoms with van der Waals surface area (Å²) in [6.45, 7) is 22.5. The Labute approximate surface area is 298 Å². The monoisotopic (exact) mass is 660 g/mol. The van der Waals surface area contributed by atoms with Crippen LogP contribution in [0, 0.1) is 42.4 Å². The molecule has 0 N–H and O–H groups in total. The van der Waals surface area contributed by atoms with Gasteiger partial charge < -0.3 is 0 Å². The number of aromatic nitrogens is 3. The van der Waals surface area contributed by atoms with Crippen LogP contribution in [0.25, 0.3) is 92.1 Å². The van der Waals surface area contributed by atoms with Crippen molar-refractivity contribution < 1.29 is 0 Å². The Morgan fingerprint density at radius 3 is 1.75 bits per heavy atom. The lowest BCUT2D eigenvalue weighted by Gasteiger charge is -2.17. The molecule has 0 aliphatic heterocycles. The van der Waals surface area contributed by atoms with Crippen LogP contribution in [-0.4, -0.2) is 15.0 Å². The van der Waals surface area contributed by atoms with Crippen molar-refractivity contribution >= 4 is 49.8 Å². The third kappa shape index (κ3) is 5.27. The van der Waals surface area contributed by atoms with Crippen LogP contribution in [-0.2, 0) is 0 Å². The number of pyridine rings is 1. The van der Waals surface area contributed by atoms with E-state index in [0.717, 1.165) is 33.2 Å². The van der Waals surface area contributed by atoms with Gasteiger partial charge in [0.1, 0.15) is 0 Å². The maximum absolute atomic E-state index is 10.6. The largest absolute Gasteiger partial charge is 0.247 e. The van der Waals surface area contributed by atoms with E-state index in [2.05, 4.69) is 26.7 Å². The Balaban J connectivity index is 1.49. The highest BCUT2D eigenvalue weighted by Gasteiger charge is 2.22. The second-order valence-electron chi connectivity index (χ2n) is 11.9. The molecule has 0 atom stereocenters. The lowest BCUT2D eigenvalue weighted by atomic mass is 9.93. The van der Waals surface area contributed by atoms with E-state index < -0.39 is 0 Å². The molecule has 0 radical (unpaired) electrons. The molecule has 0 amide bonds. The van der Waals surface area contributed by atoms with Gasteiger partial charge in [0.05, 0.1) is 71.1 Å². The molecule has 0 unspecified atom stereocenters. The number of hydrogen-bond donors (Lipinski definition) is 0. The van der Waals surface area contributed by atoms with Crippen LogP contribution in [0.2, 0.25) is 0 Å². The summed E-state index contributed by atoms with van der Waals surface area (Å²) in [6.07, 6.45) is 0. The van der Waals surface area contributed by atoms with Crippen molar-refractivity contribution in [3.8, 4) is 57.0 Å². The summed E-state index contributed by atoms with van der Waals surface area (Å²) in [5.74, 6) is 0. The van der Waals surface area contributed by atoms with Gasteiger partial charge in [-0.3, -0.25) is 0 Å². The van der Waals surface area contributed by atoms with Crippen LogP contribution in [0.3, 0.4) is 0 Å². The van der Waals surface area contributed by atoms with Crippen LogP contribution >= 0.6 is 0 Å². The highest BCUT2D eigenvalue weighted by atomic mass is 14.8. The predicted octanol–water partition coefficient (Wildman–Crippen LogP) is 11.4. The molecule has 8 aromatic rings. The van der Waals surface area contributed by atoms with Gasteiger partial charge in [-0.05, 0) is 58.7 Å². The van der Waals surface area contributed by atoms with Gasteiger partial charge in [0.2, 0.25) is 0 Å². The smallest absolute Gasteiger partial charge is 0.189 e. The number of para-hydroxylation sites is 1. The third-order valence-corrected chi connectivity index (χ3v) is 8.91. The molecule has 2 heterocycles. The second kappa shape index (κ2) is 12.7. The van der Waals surface area contributed by atoms with Gasteiger partial charge in [-0.1, -0.05) is 84.9 Å². The van der Waals surface area contributed by atoms with Crippen molar-refractivity contribution in [3.63, 3.8) is 0 Å². The van der Waals surface area contributed by atoms with E-state index in [1.165, 1.54) is 0 Å². The summed E-state index contributed by atoms with van der Waals surface area (Å²) >= 11 is 0. The Morgan fingerprint density at radius 2 is 1.10 bits per heavy atom. The molecule has 0 fully saturated rings. The maximum Gasteiger partial charge on any atom is 0.189 e. The lowest BCUT2D eigenvalue weighted by molar-refractivity contribution is 1.30. The zero-order chi connectivity index (χ0) is 35.8. The van der Waals surface area contributed by atoms with Gasteiger partial charge in [0.25, 0.3) is 0 Å². The van der Waals surface area contributed by atoms with Crippen molar-refractivity contribution in [1.82, 2.24) is 15.0 Å². The average molecular weight is 661 g/mol. The number of nitriles is 2. The van der Waals surface area contributed by atoms with Crippen molar-refractivity contribution in [3.05, 3.63) is 167 Å². The Bertz CT molecular complexity index is 2970. The topological polar surface area (TPSA) is 99.3 Å². The molecule has 8 heteroatoms. The highest BCUT2D eigenvalue weighted by molar-refractivity contribution is 6.22. The molecule has 2 aromatic heterocycles. The van der Waals surface area contributed by atoms with Gasteiger partial charge in [0.15, 0.2) is 17.1 Å². The van der Waals surface area contributed by atoms with Crippen molar-refractivity contribution in [2.24, 2.45) is 0 Å². The molecule has 0 saturated heterocycles. The van der Waals surface area contributed by atoms with Gasteiger partial charge in [-0.15, -0.1) is 0 Å². The van der Waals surface area contributed by atoms with Crippen LogP contribution in [0.1, 0.15) is 11.1 Å². The number of fused-ring (bicyclic) bond motifs is 5. The summed E-state index contributed by atoms with van der Waals surface area (Å²) in [5, 5.41) is 22.4. The van der Waals surface area contributed by atoms with Gasteiger partial charge in [0, 0.05) is 27.3 Å². The predicted molar refractivity (Wildman–Crippen MR) is 202 cm³/mol. The molecule has 0 bridgehead atoms. The molecule has 0 saturated carbocycles. The first-order valence-electron chi connectivity index (χ1n) is 16.0. The first kappa shape index (κ1) is 31.1. The van der Waals surface area contributed by atoms with Crippen LogP contribution in [0.15, 0.2) is 121 Å². The number of nitrogens with zero attached hydrogens (tertiary/aromatic N) is 8. The Morgan fingerprint density at radius 1 is 0.462 bits per heavy atom.